The topological polar surface area (TPSA) is 72.8 Å². The third-order valence-corrected chi connectivity index (χ3v) is 5.18. The van der Waals surface area contributed by atoms with Crippen LogP contribution in [0.25, 0.3) is 33.4 Å². The molecule has 2 aromatic carbocycles. The first-order valence-corrected chi connectivity index (χ1v) is 10.3. The van der Waals surface area contributed by atoms with Crippen LogP contribution in [-0.2, 0) is 6.54 Å². The molecule has 156 valence electrons. The lowest BCUT2D eigenvalue weighted by atomic mass is 10.0. The van der Waals surface area contributed by atoms with Gasteiger partial charge in [0.2, 0.25) is 0 Å². The molecule has 0 fully saturated rings. The molecule has 0 aliphatic carbocycles. The molecular weight excluding hydrogens is 398 g/mol. The SMILES string of the molecule is COc1cccc(-c2ccc3nc(-c4cccnc4)nc(NCc4ccccn4)c3c2)c1. The highest BCUT2D eigenvalue weighted by Gasteiger charge is 2.12. The zero-order chi connectivity index (χ0) is 21.8. The van der Waals surface area contributed by atoms with Crippen LogP contribution in [0, 0.1) is 0 Å². The smallest absolute Gasteiger partial charge is 0.163 e. The number of benzene rings is 2. The molecule has 5 rings (SSSR count). The van der Waals surface area contributed by atoms with Crippen LogP contribution in [0.3, 0.4) is 0 Å². The summed E-state index contributed by atoms with van der Waals surface area (Å²) in [7, 11) is 1.67. The maximum Gasteiger partial charge on any atom is 0.163 e. The van der Waals surface area contributed by atoms with E-state index in [-0.39, 0.29) is 0 Å². The van der Waals surface area contributed by atoms with Crippen molar-refractivity contribution >= 4 is 16.7 Å². The van der Waals surface area contributed by atoms with E-state index >= 15 is 0 Å². The molecule has 0 amide bonds. The Balaban J connectivity index is 1.61. The largest absolute Gasteiger partial charge is 0.497 e. The van der Waals surface area contributed by atoms with Gasteiger partial charge in [-0.1, -0.05) is 24.3 Å². The third kappa shape index (κ3) is 4.11. The highest BCUT2D eigenvalue weighted by atomic mass is 16.5. The van der Waals surface area contributed by atoms with Gasteiger partial charge in [0.15, 0.2) is 5.82 Å². The van der Waals surface area contributed by atoms with Gasteiger partial charge in [0, 0.05) is 29.5 Å². The summed E-state index contributed by atoms with van der Waals surface area (Å²) in [4.78, 5) is 18.3. The molecule has 5 aromatic rings. The highest BCUT2D eigenvalue weighted by Crippen LogP contribution is 2.31. The fourth-order valence-corrected chi connectivity index (χ4v) is 3.55. The van der Waals surface area contributed by atoms with Crippen LogP contribution in [-0.4, -0.2) is 27.0 Å². The second-order valence-corrected chi connectivity index (χ2v) is 7.28. The molecule has 0 radical (unpaired) electrons. The molecule has 0 bridgehead atoms. The van der Waals surface area contributed by atoms with E-state index < -0.39 is 0 Å². The Morgan fingerprint density at radius 2 is 1.72 bits per heavy atom. The number of methoxy groups -OCH3 is 1. The van der Waals surface area contributed by atoms with Crippen molar-refractivity contribution in [2.75, 3.05) is 12.4 Å². The van der Waals surface area contributed by atoms with Crippen LogP contribution in [0.5, 0.6) is 5.75 Å². The predicted octanol–water partition coefficient (Wildman–Crippen LogP) is 5.37. The van der Waals surface area contributed by atoms with E-state index in [1.807, 2.05) is 54.6 Å². The molecule has 0 atom stereocenters. The Morgan fingerprint density at radius 3 is 2.53 bits per heavy atom. The second-order valence-electron chi connectivity index (χ2n) is 7.28. The molecule has 6 heteroatoms. The minimum Gasteiger partial charge on any atom is -0.497 e. The highest BCUT2D eigenvalue weighted by molar-refractivity contribution is 5.94. The lowest BCUT2D eigenvalue weighted by molar-refractivity contribution is 0.415. The molecule has 0 saturated carbocycles. The number of pyridine rings is 2. The van der Waals surface area contributed by atoms with Gasteiger partial charge in [0.25, 0.3) is 0 Å². The fourth-order valence-electron chi connectivity index (χ4n) is 3.55. The number of hydrogen-bond acceptors (Lipinski definition) is 6. The van der Waals surface area contributed by atoms with Crippen LogP contribution < -0.4 is 10.1 Å². The minimum absolute atomic E-state index is 0.558. The molecule has 0 aliphatic rings. The Kier molecular flexibility index (Phi) is 5.41. The summed E-state index contributed by atoms with van der Waals surface area (Å²) in [5.74, 6) is 2.20. The number of aromatic nitrogens is 4. The summed E-state index contributed by atoms with van der Waals surface area (Å²) in [5.41, 5.74) is 4.79. The monoisotopic (exact) mass is 419 g/mol. The van der Waals surface area contributed by atoms with Gasteiger partial charge in [-0.05, 0) is 59.7 Å². The molecule has 0 saturated heterocycles. The number of nitrogens with zero attached hydrogens (tertiary/aromatic N) is 4. The zero-order valence-electron chi connectivity index (χ0n) is 17.6. The fraction of sp³-hybridized carbons (Fsp3) is 0.0769. The lowest BCUT2D eigenvalue weighted by Crippen LogP contribution is -2.05. The molecule has 3 heterocycles. The summed E-state index contributed by atoms with van der Waals surface area (Å²) >= 11 is 0. The Bertz CT molecular complexity index is 1360. The van der Waals surface area contributed by atoms with E-state index in [4.69, 9.17) is 14.7 Å². The zero-order valence-corrected chi connectivity index (χ0v) is 17.6. The van der Waals surface area contributed by atoms with Crippen LogP contribution in [0.2, 0.25) is 0 Å². The van der Waals surface area contributed by atoms with Gasteiger partial charge in [-0.25, -0.2) is 9.97 Å². The summed E-state index contributed by atoms with van der Waals surface area (Å²) in [6.07, 6.45) is 5.30. The molecular formula is C26H21N5O. The first-order chi connectivity index (χ1) is 15.8. The number of hydrogen-bond donors (Lipinski definition) is 1. The lowest BCUT2D eigenvalue weighted by Gasteiger charge is -2.12. The summed E-state index contributed by atoms with van der Waals surface area (Å²) in [6, 6.07) is 23.9. The van der Waals surface area contributed by atoms with Crippen molar-refractivity contribution in [2.24, 2.45) is 0 Å². The number of nitrogens with one attached hydrogen (secondary N) is 1. The Morgan fingerprint density at radius 1 is 0.812 bits per heavy atom. The normalized spacial score (nSPS) is 10.8. The molecule has 32 heavy (non-hydrogen) atoms. The van der Waals surface area contributed by atoms with Crippen LogP contribution in [0.15, 0.2) is 91.4 Å². The maximum absolute atomic E-state index is 5.39. The van der Waals surface area contributed by atoms with Crippen molar-refractivity contribution in [2.45, 2.75) is 6.54 Å². The van der Waals surface area contributed by atoms with Crippen LogP contribution in [0.4, 0.5) is 5.82 Å². The first-order valence-electron chi connectivity index (χ1n) is 10.3. The predicted molar refractivity (Wildman–Crippen MR) is 126 cm³/mol. The molecule has 0 unspecified atom stereocenters. The first kappa shape index (κ1) is 19.6. The van der Waals surface area contributed by atoms with Crippen molar-refractivity contribution < 1.29 is 4.74 Å². The van der Waals surface area contributed by atoms with Crippen molar-refractivity contribution in [3.63, 3.8) is 0 Å². The van der Waals surface area contributed by atoms with Gasteiger partial charge in [-0.2, -0.15) is 0 Å². The third-order valence-electron chi connectivity index (χ3n) is 5.18. The molecule has 3 aromatic heterocycles. The minimum atomic E-state index is 0.558. The molecule has 1 N–H and O–H groups in total. The van der Waals surface area contributed by atoms with Gasteiger partial charge < -0.3 is 10.1 Å². The summed E-state index contributed by atoms with van der Waals surface area (Å²) < 4.78 is 5.39. The Labute approximate surface area is 186 Å². The summed E-state index contributed by atoms with van der Waals surface area (Å²) in [5, 5.41) is 4.40. The second kappa shape index (κ2) is 8.81. The van der Waals surface area contributed by atoms with Crippen molar-refractivity contribution in [3.8, 4) is 28.3 Å². The van der Waals surface area contributed by atoms with Crippen LogP contribution >= 0.6 is 0 Å². The van der Waals surface area contributed by atoms with E-state index in [0.29, 0.717) is 12.4 Å². The van der Waals surface area contributed by atoms with E-state index in [1.54, 1.807) is 25.7 Å². The molecule has 0 aliphatic heterocycles. The van der Waals surface area contributed by atoms with Gasteiger partial charge in [-0.3, -0.25) is 9.97 Å². The number of rotatable bonds is 6. The van der Waals surface area contributed by atoms with Crippen molar-refractivity contribution in [1.82, 2.24) is 19.9 Å². The molecule has 0 spiro atoms. The molecule has 6 nitrogen and oxygen atoms in total. The van der Waals surface area contributed by atoms with Crippen LogP contribution in [0.1, 0.15) is 5.69 Å². The van der Waals surface area contributed by atoms with E-state index in [2.05, 4.69) is 33.5 Å². The van der Waals surface area contributed by atoms with E-state index in [1.165, 1.54) is 0 Å². The van der Waals surface area contributed by atoms with Gasteiger partial charge in [-0.15, -0.1) is 0 Å². The van der Waals surface area contributed by atoms with Gasteiger partial charge in [0.1, 0.15) is 11.6 Å². The summed E-state index contributed by atoms with van der Waals surface area (Å²) in [6.45, 7) is 0.558. The number of ether oxygens (including phenoxy) is 1. The van der Waals surface area contributed by atoms with Crippen molar-refractivity contribution in [1.29, 1.82) is 0 Å². The standard InChI is InChI=1S/C26H21N5O/c1-32-22-9-4-6-18(14-22)19-10-11-24-23(15-19)26(29-17-21-8-2-3-13-28-21)31-25(30-24)20-7-5-12-27-16-20/h2-16H,17H2,1H3,(H,29,30,31). The van der Waals surface area contributed by atoms with Crippen molar-refractivity contribution in [3.05, 3.63) is 97.1 Å². The maximum atomic E-state index is 5.39. The average molecular weight is 419 g/mol. The Hall–Kier alpha value is -4.32. The quantitative estimate of drug-likeness (QED) is 0.399. The average Bonchev–Trinajstić information content (AvgIpc) is 2.88. The van der Waals surface area contributed by atoms with Gasteiger partial charge >= 0.3 is 0 Å². The van der Waals surface area contributed by atoms with E-state index in [9.17, 15) is 0 Å². The van der Waals surface area contributed by atoms with E-state index in [0.717, 1.165) is 44.9 Å². The number of anilines is 1. The number of fused-ring (bicyclic) bond motifs is 1. The van der Waals surface area contributed by atoms with Gasteiger partial charge in [0.05, 0.1) is 24.9 Å².